The Hall–Kier alpha value is -2.73. The first-order chi connectivity index (χ1) is 11.9. The van der Waals surface area contributed by atoms with Crippen LogP contribution in [-0.2, 0) is 16.0 Å². The maximum absolute atomic E-state index is 13.2. The first-order valence-electron chi connectivity index (χ1n) is 7.84. The number of aliphatic hydroxyl groups is 1. The molecule has 0 saturated heterocycles. The van der Waals surface area contributed by atoms with Gasteiger partial charge in [0.2, 0.25) is 5.91 Å². The highest BCUT2D eigenvalue weighted by molar-refractivity contribution is 5.84. The molecule has 132 valence electrons. The first-order valence-corrected chi connectivity index (χ1v) is 7.84. The molecule has 0 saturated carbocycles. The highest BCUT2D eigenvalue weighted by Gasteiger charge is 2.28. The van der Waals surface area contributed by atoms with Crippen molar-refractivity contribution >= 4 is 11.9 Å². The Morgan fingerprint density at radius 3 is 2.40 bits per heavy atom. The molecule has 2 unspecified atom stereocenters. The zero-order chi connectivity index (χ0) is 18.4. The number of carbonyl (C=O) groups excluding carboxylic acids is 1. The standard InChI is InChI=1S/C19H20FNO4/c1-21(16(19(24)25)10-13-6-3-2-4-7-13)18(23)12-17(22)14-8-5-9-15(20)11-14/h2-9,11,16-17,22H,10,12H2,1H3,(H,24,25). The fraction of sp³-hybridized carbons (Fsp3) is 0.263. The third kappa shape index (κ3) is 5.12. The molecular weight excluding hydrogens is 325 g/mol. The van der Waals surface area contributed by atoms with Gasteiger partial charge in [-0.25, -0.2) is 9.18 Å². The number of amides is 1. The quantitative estimate of drug-likeness (QED) is 0.808. The zero-order valence-corrected chi connectivity index (χ0v) is 13.8. The van der Waals surface area contributed by atoms with E-state index < -0.39 is 29.8 Å². The van der Waals surface area contributed by atoms with Crippen LogP contribution in [0.4, 0.5) is 4.39 Å². The van der Waals surface area contributed by atoms with E-state index in [1.165, 1.54) is 25.2 Å². The van der Waals surface area contributed by atoms with E-state index in [1.54, 1.807) is 24.3 Å². The lowest BCUT2D eigenvalue weighted by molar-refractivity contribution is -0.149. The molecule has 2 rings (SSSR count). The molecule has 2 aromatic rings. The normalized spacial score (nSPS) is 13.1. The summed E-state index contributed by atoms with van der Waals surface area (Å²) in [4.78, 5) is 25.0. The summed E-state index contributed by atoms with van der Waals surface area (Å²) in [6.45, 7) is 0. The average Bonchev–Trinajstić information content (AvgIpc) is 2.59. The van der Waals surface area contributed by atoms with E-state index in [-0.39, 0.29) is 18.4 Å². The summed E-state index contributed by atoms with van der Waals surface area (Å²) in [6, 6.07) is 13.3. The van der Waals surface area contributed by atoms with Crippen LogP contribution in [-0.4, -0.2) is 40.1 Å². The van der Waals surface area contributed by atoms with Gasteiger partial charge in [0.05, 0.1) is 12.5 Å². The van der Waals surface area contributed by atoms with Crippen LogP contribution >= 0.6 is 0 Å². The van der Waals surface area contributed by atoms with Gasteiger partial charge in [-0.1, -0.05) is 42.5 Å². The fourth-order valence-electron chi connectivity index (χ4n) is 2.54. The van der Waals surface area contributed by atoms with Crippen molar-refractivity contribution in [3.8, 4) is 0 Å². The molecule has 5 nitrogen and oxygen atoms in total. The van der Waals surface area contributed by atoms with Crippen LogP contribution in [0, 0.1) is 5.82 Å². The predicted octanol–water partition coefficient (Wildman–Crippen LogP) is 2.40. The van der Waals surface area contributed by atoms with Gasteiger partial charge in [-0.3, -0.25) is 4.79 Å². The molecule has 1 amide bonds. The number of carboxylic acids is 1. The minimum Gasteiger partial charge on any atom is -0.480 e. The van der Waals surface area contributed by atoms with Gasteiger partial charge < -0.3 is 15.1 Å². The van der Waals surface area contributed by atoms with Crippen molar-refractivity contribution in [2.24, 2.45) is 0 Å². The second-order valence-electron chi connectivity index (χ2n) is 5.82. The molecule has 0 aliphatic rings. The van der Waals surface area contributed by atoms with Crippen molar-refractivity contribution in [3.63, 3.8) is 0 Å². The van der Waals surface area contributed by atoms with Crippen molar-refractivity contribution < 1.29 is 24.2 Å². The fourth-order valence-corrected chi connectivity index (χ4v) is 2.54. The van der Waals surface area contributed by atoms with E-state index in [4.69, 9.17) is 0 Å². The first kappa shape index (κ1) is 18.6. The highest BCUT2D eigenvalue weighted by Crippen LogP contribution is 2.19. The van der Waals surface area contributed by atoms with Gasteiger partial charge in [0.1, 0.15) is 11.9 Å². The van der Waals surface area contributed by atoms with E-state index in [0.29, 0.717) is 0 Å². The van der Waals surface area contributed by atoms with Crippen LogP contribution in [0.1, 0.15) is 23.7 Å². The summed E-state index contributed by atoms with van der Waals surface area (Å²) in [5.74, 6) is -2.16. The van der Waals surface area contributed by atoms with E-state index in [1.807, 2.05) is 6.07 Å². The number of carboxylic acid groups (broad SMARTS) is 1. The number of aliphatic hydroxyl groups excluding tert-OH is 1. The van der Waals surface area contributed by atoms with Gasteiger partial charge in [-0.05, 0) is 23.3 Å². The Bertz CT molecular complexity index is 735. The Morgan fingerprint density at radius 1 is 1.12 bits per heavy atom. The molecule has 25 heavy (non-hydrogen) atoms. The largest absolute Gasteiger partial charge is 0.480 e. The molecule has 0 aromatic heterocycles. The van der Waals surface area contributed by atoms with Gasteiger partial charge in [0.15, 0.2) is 0 Å². The molecule has 6 heteroatoms. The van der Waals surface area contributed by atoms with Gasteiger partial charge in [0, 0.05) is 13.5 Å². The molecule has 0 radical (unpaired) electrons. The molecule has 0 aliphatic carbocycles. The highest BCUT2D eigenvalue weighted by atomic mass is 19.1. The maximum Gasteiger partial charge on any atom is 0.326 e. The summed E-state index contributed by atoms with van der Waals surface area (Å²) in [6.07, 6.45) is -1.36. The average molecular weight is 345 g/mol. The topological polar surface area (TPSA) is 77.8 Å². The molecule has 0 heterocycles. The number of rotatable bonds is 7. The molecule has 0 spiro atoms. The van der Waals surface area contributed by atoms with Gasteiger partial charge >= 0.3 is 5.97 Å². The SMILES string of the molecule is CN(C(=O)CC(O)c1cccc(F)c1)C(Cc1ccccc1)C(=O)O. The van der Waals surface area contributed by atoms with Gasteiger partial charge in [0.25, 0.3) is 0 Å². The minimum absolute atomic E-state index is 0.161. The van der Waals surface area contributed by atoms with E-state index in [9.17, 15) is 24.2 Å². The van der Waals surface area contributed by atoms with Crippen LogP contribution < -0.4 is 0 Å². The lowest BCUT2D eigenvalue weighted by atomic mass is 10.0. The number of aliphatic carboxylic acids is 1. The summed E-state index contributed by atoms with van der Waals surface area (Å²) < 4.78 is 13.2. The second-order valence-corrected chi connectivity index (χ2v) is 5.82. The van der Waals surface area contributed by atoms with Crippen molar-refractivity contribution in [2.75, 3.05) is 7.05 Å². The lowest BCUT2D eigenvalue weighted by Gasteiger charge is -2.26. The molecule has 0 fully saturated rings. The zero-order valence-electron chi connectivity index (χ0n) is 13.8. The molecule has 0 aliphatic heterocycles. The lowest BCUT2D eigenvalue weighted by Crippen LogP contribution is -2.44. The van der Waals surface area contributed by atoms with Crippen LogP contribution in [0.5, 0.6) is 0 Å². The molecule has 2 N–H and O–H groups in total. The Balaban J connectivity index is 2.06. The Kier molecular flexibility index (Phi) is 6.25. The van der Waals surface area contributed by atoms with Crippen LogP contribution in [0.25, 0.3) is 0 Å². The second kappa shape index (κ2) is 8.39. The Morgan fingerprint density at radius 2 is 1.80 bits per heavy atom. The van der Waals surface area contributed by atoms with Gasteiger partial charge in [-0.15, -0.1) is 0 Å². The van der Waals surface area contributed by atoms with Crippen molar-refractivity contribution in [3.05, 3.63) is 71.5 Å². The van der Waals surface area contributed by atoms with Crippen molar-refractivity contribution in [1.29, 1.82) is 0 Å². The van der Waals surface area contributed by atoms with Crippen LogP contribution in [0.2, 0.25) is 0 Å². The van der Waals surface area contributed by atoms with E-state index in [2.05, 4.69) is 0 Å². The summed E-state index contributed by atoms with van der Waals surface area (Å²) >= 11 is 0. The molecule has 2 atom stereocenters. The van der Waals surface area contributed by atoms with Gasteiger partial charge in [-0.2, -0.15) is 0 Å². The number of likely N-dealkylation sites (N-methyl/N-ethyl adjacent to an activating group) is 1. The number of benzene rings is 2. The summed E-state index contributed by atoms with van der Waals surface area (Å²) in [5, 5.41) is 19.5. The number of hydrogen-bond acceptors (Lipinski definition) is 3. The van der Waals surface area contributed by atoms with Crippen molar-refractivity contribution in [2.45, 2.75) is 25.0 Å². The summed E-state index contributed by atoms with van der Waals surface area (Å²) in [5.41, 5.74) is 1.07. The number of carbonyl (C=O) groups is 2. The van der Waals surface area contributed by atoms with Crippen LogP contribution in [0.15, 0.2) is 54.6 Å². The molecule has 2 aromatic carbocycles. The van der Waals surface area contributed by atoms with Crippen LogP contribution in [0.3, 0.4) is 0 Å². The Labute approximate surface area is 145 Å². The number of nitrogens with zero attached hydrogens (tertiary/aromatic N) is 1. The van der Waals surface area contributed by atoms with E-state index in [0.717, 1.165) is 16.5 Å². The molecular formula is C19H20FNO4. The summed E-state index contributed by atoms with van der Waals surface area (Å²) in [7, 11) is 1.39. The van der Waals surface area contributed by atoms with Crippen molar-refractivity contribution in [1.82, 2.24) is 4.90 Å². The minimum atomic E-state index is -1.20. The smallest absolute Gasteiger partial charge is 0.326 e. The third-order valence-electron chi connectivity index (χ3n) is 4.02. The third-order valence-corrected chi connectivity index (χ3v) is 4.02. The number of hydrogen-bond donors (Lipinski definition) is 2. The monoisotopic (exact) mass is 345 g/mol. The maximum atomic E-state index is 13.2. The predicted molar refractivity (Wildman–Crippen MR) is 90.3 cm³/mol. The number of halogens is 1. The van der Waals surface area contributed by atoms with E-state index >= 15 is 0 Å². The molecule has 0 bridgehead atoms.